The lowest BCUT2D eigenvalue weighted by atomic mass is 9.43. The Kier molecular flexibility index (Phi) is 4.94. The summed E-state index contributed by atoms with van der Waals surface area (Å²) in [6.45, 7) is 3.87. The summed E-state index contributed by atoms with van der Waals surface area (Å²) in [6, 6.07) is 0. The molecule has 3 saturated heterocycles. The molecule has 0 aromatic heterocycles. The van der Waals surface area contributed by atoms with Crippen molar-refractivity contribution in [1.82, 2.24) is 0 Å². The van der Waals surface area contributed by atoms with Crippen LogP contribution in [0.4, 0.5) is 0 Å². The van der Waals surface area contributed by atoms with E-state index in [1.807, 2.05) is 0 Å². The Balaban J connectivity index is 1.53. The second kappa shape index (κ2) is 7.51. The third-order valence-electron chi connectivity index (χ3n) is 11.4. The van der Waals surface area contributed by atoms with E-state index >= 15 is 0 Å². The molecule has 214 valence electrons. The molecular weight excluding hydrogens is 516 g/mol. The van der Waals surface area contributed by atoms with E-state index in [9.17, 15) is 24.3 Å². The van der Waals surface area contributed by atoms with Crippen LogP contribution in [0.5, 0.6) is 0 Å². The predicted molar refractivity (Wildman–Crippen MR) is 124 cm³/mol. The lowest BCUT2D eigenvalue weighted by molar-refractivity contribution is -0.431. The number of aliphatic hydroxyl groups is 1. The number of hydrogen-bond donors (Lipinski definition) is 1. The molecule has 12 heteroatoms. The largest absolute Gasteiger partial charge is 0.461 e. The molecule has 8 aliphatic rings. The SMILES string of the molecule is COC[C@]12C(=O)O[C@@H]3[C@H]1[C@]14CC[C@H]2O[C@]1(O)[C@@H]3[C@@]1(OC(C)=O)C[C@H](OC)[C@@]2(OC(C)=O)C[C@@H]4[C@@H]1[C@H]2OC(C)=O. The van der Waals surface area contributed by atoms with Gasteiger partial charge in [0.15, 0.2) is 17.5 Å². The van der Waals surface area contributed by atoms with Crippen LogP contribution in [-0.2, 0) is 52.3 Å². The topological polar surface area (TPSA) is 153 Å². The first-order valence-corrected chi connectivity index (χ1v) is 13.6. The van der Waals surface area contributed by atoms with Gasteiger partial charge < -0.3 is 38.3 Å². The molecule has 5 saturated carbocycles. The van der Waals surface area contributed by atoms with Crippen LogP contribution in [-0.4, -0.2) is 91.2 Å². The monoisotopic (exact) mass is 550 g/mol. The quantitative estimate of drug-likeness (QED) is 0.357. The highest BCUT2D eigenvalue weighted by molar-refractivity contribution is 5.83. The fourth-order valence-electron chi connectivity index (χ4n) is 11.1. The van der Waals surface area contributed by atoms with E-state index in [4.69, 9.17) is 33.2 Å². The van der Waals surface area contributed by atoms with Crippen LogP contribution >= 0.6 is 0 Å². The number of methoxy groups -OCH3 is 2. The highest BCUT2D eigenvalue weighted by atomic mass is 16.7. The van der Waals surface area contributed by atoms with Crippen LogP contribution in [0.25, 0.3) is 0 Å². The highest BCUT2D eigenvalue weighted by Crippen LogP contribution is 2.85. The fourth-order valence-corrected chi connectivity index (χ4v) is 11.1. The first kappa shape index (κ1) is 25.7. The Morgan fingerprint density at radius 3 is 2.31 bits per heavy atom. The molecule has 0 aromatic rings. The standard InChI is InChI=1S/C27H34O12/c1-11(28)35-21-17-14-8-25(21,37-12(2)29)16(34-5)9-26(17,38-13(3)30)20-18-19-23(10-33-4,22(31)36-18)15-6-7-24(14,19)27(20,32)39-15/h14-21,32H,6-10H2,1-5H3/t14-,15-,16+,17-,18-,19-,20+,21-,23-,24-,25+,26-,27-/m1/s1. The molecule has 0 aromatic carbocycles. The first-order valence-electron chi connectivity index (χ1n) is 13.6. The third kappa shape index (κ3) is 2.49. The Morgan fingerprint density at radius 2 is 1.69 bits per heavy atom. The Morgan fingerprint density at radius 1 is 1.00 bits per heavy atom. The van der Waals surface area contributed by atoms with Crippen molar-refractivity contribution >= 4 is 23.9 Å². The van der Waals surface area contributed by atoms with Crippen LogP contribution in [0.3, 0.4) is 0 Å². The molecule has 8 rings (SSSR count). The van der Waals surface area contributed by atoms with Crippen molar-refractivity contribution in [1.29, 1.82) is 0 Å². The molecule has 3 heterocycles. The average molecular weight is 551 g/mol. The maximum absolute atomic E-state index is 13.7. The molecule has 1 N–H and O–H groups in total. The van der Waals surface area contributed by atoms with Crippen LogP contribution in [0, 0.1) is 34.5 Å². The van der Waals surface area contributed by atoms with Gasteiger partial charge in [0, 0.05) is 58.7 Å². The van der Waals surface area contributed by atoms with Crippen molar-refractivity contribution < 1.29 is 57.4 Å². The smallest absolute Gasteiger partial charge is 0.317 e. The summed E-state index contributed by atoms with van der Waals surface area (Å²) in [4.78, 5) is 51.6. The first-order chi connectivity index (χ1) is 18.4. The van der Waals surface area contributed by atoms with Gasteiger partial charge in [0.05, 0.1) is 18.6 Å². The number of carbonyl (C=O) groups is 4. The van der Waals surface area contributed by atoms with Crippen LogP contribution < -0.4 is 0 Å². The van der Waals surface area contributed by atoms with E-state index in [1.165, 1.54) is 35.0 Å². The molecule has 5 aliphatic carbocycles. The maximum atomic E-state index is 13.7. The molecule has 7 bridgehead atoms. The lowest BCUT2D eigenvalue weighted by Crippen LogP contribution is -2.79. The van der Waals surface area contributed by atoms with E-state index < -0.39 is 99.8 Å². The number of ether oxygens (including phenoxy) is 7. The minimum atomic E-state index is -1.81. The summed E-state index contributed by atoms with van der Waals surface area (Å²) in [5, 5.41) is 12.7. The van der Waals surface area contributed by atoms with E-state index in [1.54, 1.807) is 0 Å². The van der Waals surface area contributed by atoms with Crippen molar-refractivity contribution in [3.63, 3.8) is 0 Å². The summed E-state index contributed by atoms with van der Waals surface area (Å²) in [6.07, 6.45) is -2.21. The molecule has 0 radical (unpaired) electrons. The molecule has 1 spiro atoms. The Bertz CT molecular complexity index is 1190. The van der Waals surface area contributed by atoms with Gasteiger partial charge in [0.1, 0.15) is 23.2 Å². The minimum Gasteiger partial charge on any atom is -0.461 e. The van der Waals surface area contributed by atoms with Crippen molar-refractivity contribution in [3.8, 4) is 0 Å². The molecule has 0 amide bonds. The normalized spacial score (nSPS) is 54.8. The second-order valence-electron chi connectivity index (χ2n) is 12.6. The molecular formula is C27H34O12. The van der Waals surface area contributed by atoms with Crippen molar-refractivity contribution in [3.05, 3.63) is 0 Å². The van der Waals surface area contributed by atoms with Gasteiger partial charge in [-0.25, -0.2) is 0 Å². The van der Waals surface area contributed by atoms with Gasteiger partial charge in [-0.3, -0.25) is 19.2 Å². The molecule has 13 atom stereocenters. The van der Waals surface area contributed by atoms with Gasteiger partial charge >= 0.3 is 23.9 Å². The number of fused-ring (bicyclic) bond motifs is 4. The van der Waals surface area contributed by atoms with Gasteiger partial charge in [-0.15, -0.1) is 0 Å². The second-order valence-corrected chi connectivity index (χ2v) is 12.6. The van der Waals surface area contributed by atoms with E-state index in [-0.39, 0.29) is 19.4 Å². The highest BCUT2D eigenvalue weighted by Gasteiger charge is 2.97. The number of hydrogen-bond acceptors (Lipinski definition) is 12. The van der Waals surface area contributed by atoms with E-state index in [0.29, 0.717) is 12.8 Å². The van der Waals surface area contributed by atoms with Crippen LogP contribution in [0.1, 0.15) is 46.5 Å². The average Bonchev–Trinajstić information content (AvgIpc) is 3.32. The van der Waals surface area contributed by atoms with E-state index in [2.05, 4.69) is 0 Å². The van der Waals surface area contributed by atoms with Gasteiger partial charge in [-0.2, -0.15) is 0 Å². The Labute approximate surface area is 224 Å². The molecule has 3 aliphatic heterocycles. The zero-order valence-corrected chi connectivity index (χ0v) is 22.6. The number of esters is 4. The molecule has 39 heavy (non-hydrogen) atoms. The summed E-state index contributed by atoms with van der Waals surface area (Å²) in [5.41, 5.74) is -5.10. The zero-order valence-electron chi connectivity index (χ0n) is 22.6. The maximum Gasteiger partial charge on any atom is 0.317 e. The summed E-state index contributed by atoms with van der Waals surface area (Å²) < 4.78 is 42.5. The zero-order chi connectivity index (χ0) is 27.9. The van der Waals surface area contributed by atoms with E-state index in [0.717, 1.165) is 0 Å². The van der Waals surface area contributed by atoms with Crippen molar-refractivity contribution in [2.24, 2.45) is 34.5 Å². The molecule has 12 nitrogen and oxygen atoms in total. The van der Waals surface area contributed by atoms with Crippen LogP contribution in [0.2, 0.25) is 0 Å². The Hall–Kier alpha value is -2.28. The number of rotatable bonds is 6. The summed E-state index contributed by atoms with van der Waals surface area (Å²) >= 11 is 0. The predicted octanol–water partition coefficient (Wildman–Crippen LogP) is 0.262. The lowest BCUT2D eigenvalue weighted by Gasteiger charge is -2.69. The summed E-state index contributed by atoms with van der Waals surface area (Å²) in [5.74, 6) is -6.75. The third-order valence-corrected chi connectivity index (χ3v) is 11.4. The van der Waals surface area contributed by atoms with Gasteiger partial charge in [-0.05, 0) is 25.2 Å². The van der Waals surface area contributed by atoms with Gasteiger partial charge in [0.2, 0.25) is 0 Å². The molecule has 0 unspecified atom stereocenters. The minimum absolute atomic E-state index is 0.0183. The van der Waals surface area contributed by atoms with Gasteiger partial charge in [0.25, 0.3) is 0 Å². The van der Waals surface area contributed by atoms with Gasteiger partial charge in [-0.1, -0.05) is 0 Å². The van der Waals surface area contributed by atoms with Crippen LogP contribution in [0.15, 0.2) is 0 Å². The number of carbonyl (C=O) groups excluding carboxylic acids is 4. The van der Waals surface area contributed by atoms with Crippen molar-refractivity contribution in [2.45, 2.75) is 87.9 Å². The fraction of sp³-hybridized carbons (Fsp3) is 0.852. The summed E-state index contributed by atoms with van der Waals surface area (Å²) in [7, 11) is 2.97. The van der Waals surface area contributed by atoms with Crippen molar-refractivity contribution in [2.75, 3.05) is 20.8 Å². The molecule has 8 fully saturated rings.